The van der Waals surface area contributed by atoms with E-state index >= 15 is 0 Å². The molecule has 3 rings (SSSR count). The number of likely N-dealkylation sites (tertiary alicyclic amines) is 1. The molecule has 1 amide bonds. The fraction of sp³-hybridized carbons (Fsp3) is 0.533. The molecule has 1 atom stereocenters. The standard InChI is InChI=1S/C15H20N2O3/c18-15(16-7-10-17-8-3-4-9-17)14-11-19-12-5-1-2-6-13(12)20-14/h1-2,5-6,14H,3-4,7-11H2,(H,16,18)/p+1/t14-/m0/s1. The van der Waals surface area contributed by atoms with Crippen LogP contribution in [0.25, 0.3) is 0 Å². The largest absolute Gasteiger partial charge is 0.485 e. The Kier molecular flexibility index (Phi) is 4.06. The average Bonchev–Trinajstić information content (AvgIpc) is 3.00. The molecule has 2 aliphatic rings. The first-order valence-electron chi connectivity index (χ1n) is 7.33. The molecule has 20 heavy (non-hydrogen) atoms. The highest BCUT2D eigenvalue weighted by Crippen LogP contribution is 2.30. The lowest BCUT2D eigenvalue weighted by molar-refractivity contribution is -0.886. The lowest BCUT2D eigenvalue weighted by Gasteiger charge is -2.25. The second kappa shape index (κ2) is 6.13. The molecule has 5 heteroatoms. The van der Waals surface area contributed by atoms with Gasteiger partial charge in [-0.15, -0.1) is 0 Å². The van der Waals surface area contributed by atoms with E-state index < -0.39 is 6.10 Å². The van der Waals surface area contributed by atoms with Gasteiger partial charge in [0.05, 0.1) is 26.2 Å². The molecule has 1 fully saturated rings. The van der Waals surface area contributed by atoms with Crippen LogP contribution in [0.2, 0.25) is 0 Å². The summed E-state index contributed by atoms with van der Waals surface area (Å²) in [4.78, 5) is 13.6. The smallest absolute Gasteiger partial charge is 0.264 e. The van der Waals surface area contributed by atoms with Crippen molar-refractivity contribution in [3.8, 4) is 11.5 Å². The third kappa shape index (κ3) is 3.04. The maximum Gasteiger partial charge on any atom is 0.264 e. The number of nitrogens with one attached hydrogen (secondary N) is 2. The minimum absolute atomic E-state index is 0.0851. The summed E-state index contributed by atoms with van der Waals surface area (Å²) < 4.78 is 11.2. The first-order chi connectivity index (χ1) is 9.83. The lowest BCUT2D eigenvalue weighted by atomic mass is 10.2. The van der Waals surface area contributed by atoms with Gasteiger partial charge in [-0.25, -0.2) is 0 Å². The average molecular weight is 277 g/mol. The van der Waals surface area contributed by atoms with Crippen molar-refractivity contribution in [3.63, 3.8) is 0 Å². The zero-order chi connectivity index (χ0) is 13.8. The number of quaternary nitrogens is 1. The van der Waals surface area contributed by atoms with Gasteiger partial charge in [-0.05, 0) is 12.1 Å². The maximum atomic E-state index is 12.1. The molecule has 0 bridgehead atoms. The Morgan fingerprint density at radius 3 is 2.80 bits per heavy atom. The van der Waals surface area contributed by atoms with Gasteiger partial charge in [0, 0.05) is 12.8 Å². The van der Waals surface area contributed by atoms with Gasteiger partial charge in [0.2, 0.25) is 6.10 Å². The van der Waals surface area contributed by atoms with Crippen molar-refractivity contribution in [3.05, 3.63) is 24.3 Å². The number of carbonyl (C=O) groups excluding carboxylic acids is 1. The molecule has 5 nitrogen and oxygen atoms in total. The molecule has 1 saturated heterocycles. The van der Waals surface area contributed by atoms with Crippen LogP contribution in [0.1, 0.15) is 12.8 Å². The number of para-hydroxylation sites is 2. The Morgan fingerprint density at radius 2 is 2.00 bits per heavy atom. The Balaban J connectivity index is 1.46. The van der Waals surface area contributed by atoms with Gasteiger partial charge >= 0.3 is 0 Å². The van der Waals surface area contributed by atoms with Gasteiger partial charge in [0.25, 0.3) is 5.91 Å². The summed E-state index contributed by atoms with van der Waals surface area (Å²) in [6, 6.07) is 7.43. The number of rotatable bonds is 4. The Morgan fingerprint density at radius 1 is 1.25 bits per heavy atom. The zero-order valence-corrected chi connectivity index (χ0v) is 11.6. The normalized spacial score (nSPS) is 21.7. The summed E-state index contributed by atoms with van der Waals surface area (Å²) in [7, 11) is 0. The van der Waals surface area contributed by atoms with E-state index in [-0.39, 0.29) is 12.5 Å². The minimum atomic E-state index is -0.543. The third-order valence-corrected chi connectivity index (χ3v) is 3.89. The number of benzene rings is 1. The number of carbonyl (C=O) groups is 1. The van der Waals surface area contributed by atoms with Gasteiger partial charge in [0.1, 0.15) is 6.61 Å². The maximum absolute atomic E-state index is 12.1. The van der Waals surface area contributed by atoms with Crippen LogP contribution in [0.5, 0.6) is 11.5 Å². The van der Waals surface area contributed by atoms with E-state index in [0.717, 1.165) is 6.54 Å². The van der Waals surface area contributed by atoms with Crippen LogP contribution in [0.3, 0.4) is 0 Å². The second-order valence-electron chi connectivity index (χ2n) is 5.36. The van der Waals surface area contributed by atoms with E-state index in [0.29, 0.717) is 18.0 Å². The topological polar surface area (TPSA) is 52.0 Å². The molecule has 0 radical (unpaired) electrons. The van der Waals surface area contributed by atoms with E-state index in [1.807, 2.05) is 24.3 Å². The van der Waals surface area contributed by atoms with E-state index in [2.05, 4.69) is 5.32 Å². The van der Waals surface area contributed by atoms with Crippen molar-refractivity contribution in [1.82, 2.24) is 5.32 Å². The summed E-state index contributed by atoms with van der Waals surface area (Å²) in [5.74, 6) is 1.26. The zero-order valence-electron chi connectivity index (χ0n) is 11.6. The fourth-order valence-corrected chi connectivity index (χ4v) is 2.75. The number of hydrogen-bond acceptors (Lipinski definition) is 3. The van der Waals surface area contributed by atoms with Gasteiger partial charge in [-0.1, -0.05) is 12.1 Å². The lowest BCUT2D eigenvalue weighted by Crippen LogP contribution is -3.10. The number of amides is 1. The number of ether oxygens (including phenoxy) is 2. The molecular formula is C15H21N2O3+. The van der Waals surface area contributed by atoms with Crippen LogP contribution >= 0.6 is 0 Å². The molecule has 0 unspecified atom stereocenters. The van der Waals surface area contributed by atoms with E-state index in [1.54, 1.807) is 4.90 Å². The van der Waals surface area contributed by atoms with Crippen LogP contribution < -0.4 is 19.7 Å². The Hall–Kier alpha value is -1.75. The van der Waals surface area contributed by atoms with Gasteiger partial charge in [0.15, 0.2) is 11.5 Å². The fourth-order valence-electron chi connectivity index (χ4n) is 2.75. The van der Waals surface area contributed by atoms with Gasteiger partial charge < -0.3 is 19.7 Å². The molecule has 2 heterocycles. The van der Waals surface area contributed by atoms with Crippen LogP contribution in [-0.4, -0.2) is 44.8 Å². The summed E-state index contributed by atoms with van der Waals surface area (Å²) in [5, 5.41) is 2.95. The van der Waals surface area contributed by atoms with Crippen molar-refractivity contribution in [1.29, 1.82) is 0 Å². The van der Waals surface area contributed by atoms with Crippen LogP contribution in [0, 0.1) is 0 Å². The molecule has 1 aromatic carbocycles. The molecule has 1 aromatic rings. The summed E-state index contributed by atoms with van der Waals surface area (Å²) in [6.45, 7) is 4.43. The molecule has 108 valence electrons. The first kappa shape index (κ1) is 13.2. The number of hydrogen-bond donors (Lipinski definition) is 2. The van der Waals surface area contributed by atoms with E-state index in [1.165, 1.54) is 25.9 Å². The summed E-state index contributed by atoms with van der Waals surface area (Å²) in [5.41, 5.74) is 0. The molecule has 0 spiro atoms. The monoisotopic (exact) mass is 277 g/mol. The van der Waals surface area contributed by atoms with Gasteiger partial charge in [-0.3, -0.25) is 4.79 Å². The molecule has 2 N–H and O–H groups in total. The summed E-state index contributed by atoms with van der Waals surface area (Å²) >= 11 is 0. The number of fused-ring (bicyclic) bond motifs is 1. The molecule has 0 aromatic heterocycles. The van der Waals surface area contributed by atoms with Crippen molar-refractivity contribution in [2.45, 2.75) is 18.9 Å². The minimum Gasteiger partial charge on any atom is -0.485 e. The summed E-state index contributed by atoms with van der Waals surface area (Å²) in [6.07, 6.45) is 2.07. The molecule has 2 aliphatic heterocycles. The third-order valence-electron chi connectivity index (χ3n) is 3.89. The predicted molar refractivity (Wildman–Crippen MR) is 74.2 cm³/mol. The Bertz CT molecular complexity index is 472. The van der Waals surface area contributed by atoms with Crippen LogP contribution in [0.15, 0.2) is 24.3 Å². The SMILES string of the molecule is O=C(NCC[NH+]1CCCC1)[C@@H]1COc2ccccc2O1. The second-order valence-corrected chi connectivity index (χ2v) is 5.36. The highest BCUT2D eigenvalue weighted by molar-refractivity contribution is 5.81. The van der Waals surface area contributed by atoms with Gasteiger partial charge in [-0.2, -0.15) is 0 Å². The predicted octanol–water partition coefficient (Wildman–Crippen LogP) is -0.379. The van der Waals surface area contributed by atoms with Crippen LogP contribution in [-0.2, 0) is 4.79 Å². The van der Waals surface area contributed by atoms with Crippen molar-refractivity contribution < 1.29 is 19.2 Å². The molecule has 0 aliphatic carbocycles. The quantitative estimate of drug-likeness (QED) is 0.789. The molecular weight excluding hydrogens is 256 g/mol. The Labute approximate surface area is 118 Å². The first-order valence-corrected chi connectivity index (χ1v) is 7.33. The van der Waals surface area contributed by atoms with Crippen molar-refractivity contribution >= 4 is 5.91 Å². The van der Waals surface area contributed by atoms with Crippen LogP contribution in [0.4, 0.5) is 0 Å². The highest BCUT2D eigenvalue weighted by atomic mass is 16.6. The highest BCUT2D eigenvalue weighted by Gasteiger charge is 2.27. The van der Waals surface area contributed by atoms with Crippen molar-refractivity contribution in [2.75, 3.05) is 32.8 Å². The van der Waals surface area contributed by atoms with E-state index in [4.69, 9.17) is 9.47 Å². The van der Waals surface area contributed by atoms with Crippen molar-refractivity contribution in [2.24, 2.45) is 0 Å². The van der Waals surface area contributed by atoms with E-state index in [9.17, 15) is 4.79 Å². The molecule has 0 saturated carbocycles.